The number of anilines is 1. The van der Waals surface area contributed by atoms with Gasteiger partial charge in [0, 0.05) is 18.9 Å². The minimum Gasteiger partial charge on any atom is -0.351 e. The quantitative estimate of drug-likeness (QED) is 0.650. The van der Waals surface area contributed by atoms with Gasteiger partial charge in [-0.25, -0.2) is 0 Å². The van der Waals surface area contributed by atoms with Crippen LogP contribution in [0.25, 0.3) is 0 Å². The van der Waals surface area contributed by atoms with Gasteiger partial charge in [-0.2, -0.15) is 0 Å². The number of fused-ring (bicyclic) bond motifs is 1. The van der Waals surface area contributed by atoms with E-state index in [1.807, 2.05) is 38.4 Å². The lowest BCUT2D eigenvalue weighted by Crippen LogP contribution is -2.35. The van der Waals surface area contributed by atoms with E-state index in [1.54, 1.807) is 0 Å². The molecule has 0 spiro atoms. The fraction of sp³-hybridized carbons (Fsp3) is 0.273. The molecule has 1 unspecified atom stereocenters. The van der Waals surface area contributed by atoms with Crippen LogP contribution in [0.3, 0.4) is 0 Å². The number of nitrogens with zero attached hydrogens (tertiary/aromatic N) is 1. The van der Waals surface area contributed by atoms with Crippen LogP contribution in [-0.2, 0) is 5.54 Å². The molecule has 13 heavy (non-hydrogen) atoms. The average Bonchev–Trinajstić information content (AvgIpc) is 2.13. The zero-order valence-electron chi connectivity index (χ0n) is 7.99. The minimum atomic E-state index is -0.330. The Morgan fingerprint density at radius 1 is 1.31 bits per heavy atom. The molecule has 0 radical (unpaired) electrons. The third kappa shape index (κ3) is 1.23. The third-order valence-electron chi connectivity index (χ3n) is 2.51. The molecule has 1 aromatic carbocycles. The molecular formula is C11H14N2. The van der Waals surface area contributed by atoms with Gasteiger partial charge >= 0.3 is 0 Å². The topological polar surface area (TPSA) is 29.3 Å². The number of nitrogens with two attached hydrogens (primary N) is 1. The summed E-state index contributed by atoms with van der Waals surface area (Å²) in [6.45, 7) is 2.02. The van der Waals surface area contributed by atoms with Crippen LogP contribution in [0.4, 0.5) is 5.69 Å². The van der Waals surface area contributed by atoms with Gasteiger partial charge in [0.1, 0.15) is 0 Å². The lowest BCUT2D eigenvalue weighted by Gasteiger charge is -2.32. The van der Waals surface area contributed by atoms with Gasteiger partial charge in [0.05, 0.1) is 5.54 Å². The molecule has 2 N–H and O–H groups in total. The van der Waals surface area contributed by atoms with Crippen LogP contribution in [0, 0.1) is 0 Å². The normalized spacial score (nSPS) is 25.9. The minimum absolute atomic E-state index is 0.330. The number of hydrogen-bond acceptors (Lipinski definition) is 2. The molecule has 68 valence electrons. The molecule has 1 atom stereocenters. The van der Waals surface area contributed by atoms with Crippen LogP contribution < -0.4 is 10.6 Å². The van der Waals surface area contributed by atoms with Crippen LogP contribution in [-0.4, -0.2) is 7.05 Å². The fourth-order valence-electron chi connectivity index (χ4n) is 1.67. The SMILES string of the molecule is CN1C=CC(C)(N)c2ccccc21. The van der Waals surface area contributed by atoms with Crippen LogP contribution in [0.15, 0.2) is 36.5 Å². The molecule has 0 aromatic heterocycles. The molecule has 0 saturated heterocycles. The van der Waals surface area contributed by atoms with Gasteiger partial charge in [0.15, 0.2) is 0 Å². The van der Waals surface area contributed by atoms with Crippen molar-refractivity contribution >= 4 is 5.69 Å². The van der Waals surface area contributed by atoms with Gasteiger partial charge in [-0.1, -0.05) is 18.2 Å². The molecule has 2 rings (SSSR count). The number of rotatable bonds is 0. The van der Waals surface area contributed by atoms with Gasteiger partial charge in [0.2, 0.25) is 0 Å². The summed E-state index contributed by atoms with van der Waals surface area (Å²) in [6.07, 6.45) is 4.04. The first-order valence-electron chi connectivity index (χ1n) is 4.42. The Hall–Kier alpha value is -1.28. The summed E-state index contributed by atoms with van der Waals surface area (Å²) in [5, 5.41) is 0. The van der Waals surface area contributed by atoms with Crippen molar-refractivity contribution < 1.29 is 0 Å². The molecular weight excluding hydrogens is 160 g/mol. The van der Waals surface area contributed by atoms with Crippen molar-refractivity contribution in [3.05, 3.63) is 42.1 Å². The summed E-state index contributed by atoms with van der Waals surface area (Å²) in [5.41, 5.74) is 8.18. The lowest BCUT2D eigenvalue weighted by atomic mass is 9.89. The maximum absolute atomic E-state index is 6.14. The first-order chi connectivity index (χ1) is 6.11. The van der Waals surface area contributed by atoms with E-state index in [4.69, 9.17) is 5.73 Å². The van der Waals surface area contributed by atoms with E-state index in [1.165, 1.54) is 11.3 Å². The lowest BCUT2D eigenvalue weighted by molar-refractivity contribution is 0.618. The van der Waals surface area contributed by atoms with Crippen molar-refractivity contribution in [2.75, 3.05) is 11.9 Å². The predicted molar refractivity (Wildman–Crippen MR) is 55.5 cm³/mol. The smallest absolute Gasteiger partial charge is 0.0604 e. The Labute approximate surface area is 78.7 Å². The Bertz CT molecular complexity index is 353. The molecule has 0 fully saturated rings. The fourth-order valence-corrected chi connectivity index (χ4v) is 1.67. The van der Waals surface area contributed by atoms with Crippen molar-refractivity contribution in [2.45, 2.75) is 12.5 Å². The molecule has 0 bridgehead atoms. The molecule has 0 saturated carbocycles. The molecule has 1 aliphatic rings. The summed E-state index contributed by atoms with van der Waals surface area (Å²) in [5.74, 6) is 0. The molecule has 2 nitrogen and oxygen atoms in total. The molecule has 1 heterocycles. The van der Waals surface area contributed by atoms with E-state index in [9.17, 15) is 0 Å². The summed E-state index contributed by atoms with van der Waals surface area (Å²) in [6, 6.07) is 8.22. The summed E-state index contributed by atoms with van der Waals surface area (Å²) < 4.78 is 0. The Morgan fingerprint density at radius 2 is 2.00 bits per heavy atom. The second-order valence-electron chi connectivity index (χ2n) is 3.73. The molecule has 1 aliphatic heterocycles. The van der Waals surface area contributed by atoms with Crippen molar-refractivity contribution in [1.29, 1.82) is 0 Å². The second kappa shape index (κ2) is 2.60. The van der Waals surface area contributed by atoms with Crippen molar-refractivity contribution in [3.8, 4) is 0 Å². The first kappa shape index (κ1) is 8.32. The second-order valence-corrected chi connectivity index (χ2v) is 3.73. The van der Waals surface area contributed by atoms with Crippen LogP contribution in [0.1, 0.15) is 12.5 Å². The maximum Gasteiger partial charge on any atom is 0.0604 e. The van der Waals surface area contributed by atoms with Gasteiger partial charge < -0.3 is 10.6 Å². The third-order valence-corrected chi connectivity index (χ3v) is 2.51. The van der Waals surface area contributed by atoms with E-state index in [-0.39, 0.29) is 5.54 Å². The van der Waals surface area contributed by atoms with Gasteiger partial charge in [-0.05, 0) is 24.6 Å². The molecule has 2 heteroatoms. The summed E-state index contributed by atoms with van der Waals surface area (Å²) >= 11 is 0. The Kier molecular flexibility index (Phi) is 1.67. The summed E-state index contributed by atoms with van der Waals surface area (Å²) in [7, 11) is 2.03. The molecule has 0 aliphatic carbocycles. The zero-order valence-corrected chi connectivity index (χ0v) is 7.99. The van der Waals surface area contributed by atoms with Crippen molar-refractivity contribution in [1.82, 2.24) is 0 Å². The molecule has 0 amide bonds. The van der Waals surface area contributed by atoms with E-state index >= 15 is 0 Å². The average molecular weight is 174 g/mol. The zero-order chi connectivity index (χ0) is 9.47. The van der Waals surface area contributed by atoms with E-state index in [0.29, 0.717) is 0 Å². The number of benzene rings is 1. The highest BCUT2D eigenvalue weighted by Crippen LogP contribution is 2.33. The van der Waals surface area contributed by atoms with Crippen molar-refractivity contribution in [3.63, 3.8) is 0 Å². The standard InChI is InChI=1S/C11H14N2/c1-11(12)7-8-13(2)10-6-4-3-5-9(10)11/h3-8H,12H2,1-2H3. The maximum atomic E-state index is 6.14. The number of hydrogen-bond donors (Lipinski definition) is 1. The summed E-state index contributed by atoms with van der Waals surface area (Å²) in [4.78, 5) is 2.09. The molecule has 1 aromatic rings. The van der Waals surface area contributed by atoms with Gasteiger partial charge in [-0.15, -0.1) is 0 Å². The highest BCUT2D eigenvalue weighted by atomic mass is 15.1. The first-order valence-corrected chi connectivity index (χ1v) is 4.42. The highest BCUT2D eigenvalue weighted by Gasteiger charge is 2.25. The Morgan fingerprint density at radius 3 is 2.69 bits per heavy atom. The van der Waals surface area contributed by atoms with Crippen molar-refractivity contribution in [2.24, 2.45) is 5.73 Å². The highest BCUT2D eigenvalue weighted by molar-refractivity contribution is 5.61. The monoisotopic (exact) mass is 174 g/mol. The van der Waals surface area contributed by atoms with Crippen LogP contribution in [0.2, 0.25) is 0 Å². The van der Waals surface area contributed by atoms with Gasteiger partial charge in [-0.3, -0.25) is 0 Å². The van der Waals surface area contributed by atoms with Crippen LogP contribution in [0.5, 0.6) is 0 Å². The van der Waals surface area contributed by atoms with E-state index < -0.39 is 0 Å². The predicted octanol–water partition coefficient (Wildman–Crippen LogP) is 1.82. The number of para-hydroxylation sites is 1. The van der Waals surface area contributed by atoms with E-state index in [0.717, 1.165) is 0 Å². The van der Waals surface area contributed by atoms with E-state index in [2.05, 4.69) is 17.0 Å². The Balaban J connectivity index is 2.61. The largest absolute Gasteiger partial charge is 0.351 e. The van der Waals surface area contributed by atoms with Gasteiger partial charge in [0.25, 0.3) is 0 Å². The van der Waals surface area contributed by atoms with Crippen LogP contribution >= 0.6 is 0 Å².